The quantitative estimate of drug-likeness (QED) is 0.912. The van der Waals surface area contributed by atoms with Crippen molar-refractivity contribution in [1.29, 1.82) is 0 Å². The summed E-state index contributed by atoms with van der Waals surface area (Å²) in [4.78, 5) is 14.6. The molecule has 0 unspecified atom stereocenters. The lowest BCUT2D eigenvalue weighted by atomic mass is 10.3. The molecule has 0 fully saturated rings. The third-order valence-corrected chi connectivity index (χ3v) is 2.72. The molecule has 0 bridgehead atoms. The highest BCUT2D eigenvalue weighted by Gasteiger charge is 2.17. The van der Waals surface area contributed by atoms with Gasteiger partial charge in [-0.05, 0) is 19.1 Å². The van der Waals surface area contributed by atoms with E-state index in [-0.39, 0.29) is 5.82 Å². The van der Waals surface area contributed by atoms with Crippen LogP contribution in [0.25, 0.3) is 5.69 Å². The normalized spacial score (nSPS) is 10.5. The fourth-order valence-electron chi connectivity index (χ4n) is 1.38. The van der Waals surface area contributed by atoms with Crippen LogP contribution in [0, 0.1) is 6.92 Å². The van der Waals surface area contributed by atoms with E-state index in [9.17, 15) is 4.79 Å². The highest BCUT2D eigenvalue weighted by molar-refractivity contribution is 6.37. The molecule has 2 aromatic rings. The third-order valence-electron chi connectivity index (χ3n) is 2.11. The number of aryl methyl sites for hydroxylation is 1. The molecule has 0 saturated heterocycles. The Morgan fingerprint density at radius 1 is 1.35 bits per heavy atom. The fourth-order valence-corrected chi connectivity index (χ4v) is 1.94. The van der Waals surface area contributed by atoms with Crippen molar-refractivity contribution in [2.24, 2.45) is 0 Å². The molecule has 0 aliphatic rings. The zero-order chi connectivity index (χ0) is 12.6. The summed E-state index contributed by atoms with van der Waals surface area (Å²) < 4.78 is 1.31. The topological polar surface area (TPSA) is 68.0 Å². The second-order valence-electron chi connectivity index (χ2n) is 3.27. The van der Waals surface area contributed by atoms with E-state index in [0.29, 0.717) is 21.6 Å². The number of carboxylic acid groups (broad SMARTS) is 1. The molecule has 7 heteroatoms. The number of halogens is 2. The third kappa shape index (κ3) is 2.11. The predicted molar refractivity (Wildman–Crippen MR) is 63.1 cm³/mol. The number of carbonyl (C=O) groups is 1. The van der Waals surface area contributed by atoms with Crippen molar-refractivity contribution in [2.75, 3.05) is 0 Å². The van der Waals surface area contributed by atoms with Gasteiger partial charge in [-0.15, -0.1) is 5.10 Å². The number of hydrogen-bond acceptors (Lipinski definition) is 3. The monoisotopic (exact) mass is 271 g/mol. The van der Waals surface area contributed by atoms with Gasteiger partial charge < -0.3 is 5.11 Å². The minimum absolute atomic E-state index is 0.293. The number of hydrogen-bond donors (Lipinski definition) is 1. The van der Waals surface area contributed by atoms with Crippen LogP contribution in [-0.4, -0.2) is 25.8 Å². The highest BCUT2D eigenvalue weighted by Crippen LogP contribution is 2.28. The molecule has 17 heavy (non-hydrogen) atoms. The average molecular weight is 272 g/mol. The van der Waals surface area contributed by atoms with E-state index in [2.05, 4.69) is 10.1 Å². The predicted octanol–water partition coefficient (Wildman–Crippen LogP) is 2.58. The molecule has 2 rings (SSSR count). The Bertz CT molecular complexity index is 575. The maximum Gasteiger partial charge on any atom is 0.375 e. The molecule has 5 nitrogen and oxygen atoms in total. The second-order valence-corrected chi connectivity index (χ2v) is 4.08. The van der Waals surface area contributed by atoms with Crippen molar-refractivity contribution in [3.8, 4) is 5.69 Å². The lowest BCUT2D eigenvalue weighted by Gasteiger charge is -2.07. The molecule has 0 saturated carbocycles. The summed E-state index contributed by atoms with van der Waals surface area (Å²) in [6.45, 7) is 1.62. The Hall–Kier alpha value is -1.59. The first-order valence-electron chi connectivity index (χ1n) is 4.62. The summed E-state index contributed by atoms with van der Waals surface area (Å²) in [7, 11) is 0. The zero-order valence-corrected chi connectivity index (χ0v) is 10.2. The van der Waals surface area contributed by atoms with E-state index < -0.39 is 5.97 Å². The molecule has 88 valence electrons. The Kier molecular flexibility index (Phi) is 3.04. The first-order valence-corrected chi connectivity index (χ1v) is 5.37. The van der Waals surface area contributed by atoms with Crippen molar-refractivity contribution in [3.63, 3.8) is 0 Å². The summed E-state index contributed by atoms with van der Waals surface area (Å²) in [6, 6.07) is 4.98. The molecule has 1 aromatic carbocycles. The minimum Gasteiger partial charge on any atom is -0.475 e. The van der Waals surface area contributed by atoms with Crippen molar-refractivity contribution in [2.45, 2.75) is 6.92 Å². The molecule has 0 radical (unpaired) electrons. The van der Waals surface area contributed by atoms with Gasteiger partial charge in [0.05, 0.1) is 10.0 Å². The number of nitrogens with zero attached hydrogens (tertiary/aromatic N) is 3. The van der Waals surface area contributed by atoms with Gasteiger partial charge in [0, 0.05) is 0 Å². The van der Waals surface area contributed by atoms with Gasteiger partial charge in [0.1, 0.15) is 11.5 Å². The van der Waals surface area contributed by atoms with E-state index in [1.165, 1.54) is 4.68 Å². The van der Waals surface area contributed by atoms with Gasteiger partial charge in [-0.25, -0.2) is 14.5 Å². The Labute approximate surface area is 107 Å². The number of aromatic carboxylic acids is 1. The van der Waals surface area contributed by atoms with Crippen LogP contribution in [0.2, 0.25) is 10.0 Å². The Morgan fingerprint density at radius 3 is 2.41 bits per heavy atom. The summed E-state index contributed by atoms with van der Waals surface area (Å²) >= 11 is 12.0. The molecule has 0 spiro atoms. The fraction of sp³-hybridized carbons (Fsp3) is 0.100. The van der Waals surface area contributed by atoms with E-state index in [4.69, 9.17) is 28.3 Å². The molecule has 1 aromatic heterocycles. The lowest BCUT2D eigenvalue weighted by molar-refractivity contribution is 0.0683. The summed E-state index contributed by atoms with van der Waals surface area (Å²) in [5, 5.41) is 13.4. The molecule has 0 amide bonds. The number of aromatic nitrogens is 3. The molecule has 0 atom stereocenters. The second kappa shape index (κ2) is 4.35. The smallest absolute Gasteiger partial charge is 0.375 e. The molecule has 0 aliphatic carbocycles. The van der Waals surface area contributed by atoms with Gasteiger partial charge in [-0.1, -0.05) is 29.3 Å². The maximum atomic E-state index is 10.8. The standard InChI is InChI=1S/C10H7Cl2N3O2/c1-5-13-9(10(16)17)14-15(5)8-6(11)3-2-4-7(8)12/h2-4H,1H3,(H,16,17). The first-order chi connectivity index (χ1) is 8.00. The molecular formula is C10H7Cl2N3O2. The van der Waals surface area contributed by atoms with Crippen LogP contribution in [0.4, 0.5) is 0 Å². The molecule has 0 aliphatic heterocycles. The number of benzene rings is 1. The van der Waals surface area contributed by atoms with E-state index in [1.54, 1.807) is 25.1 Å². The Balaban J connectivity index is 2.64. The van der Waals surface area contributed by atoms with Crippen molar-refractivity contribution >= 4 is 29.2 Å². The van der Waals surface area contributed by atoms with Crippen LogP contribution in [-0.2, 0) is 0 Å². The van der Waals surface area contributed by atoms with Gasteiger partial charge >= 0.3 is 5.97 Å². The molecule has 1 heterocycles. The van der Waals surface area contributed by atoms with Crippen molar-refractivity contribution < 1.29 is 9.90 Å². The van der Waals surface area contributed by atoms with Crippen LogP contribution in [0.5, 0.6) is 0 Å². The number of para-hydroxylation sites is 1. The molecular weight excluding hydrogens is 265 g/mol. The largest absolute Gasteiger partial charge is 0.475 e. The van der Waals surface area contributed by atoms with Gasteiger partial charge in [0.2, 0.25) is 0 Å². The SMILES string of the molecule is Cc1nc(C(=O)O)nn1-c1c(Cl)cccc1Cl. The minimum atomic E-state index is -1.20. The lowest BCUT2D eigenvalue weighted by Crippen LogP contribution is -2.03. The summed E-state index contributed by atoms with van der Waals surface area (Å²) in [5.41, 5.74) is 0.424. The maximum absolute atomic E-state index is 10.8. The summed E-state index contributed by atoms with van der Waals surface area (Å²) in [6.07, 6.45) is 0. The van der Waals surface area contributed by atoms with E-state index in [1.807, 2.05) is 0 Å². The van der Waals surface area contributed by atoms with Crippen LogP contribution in [0.1, 0.15) is 16.4 Å². The van der Waals surface area contributed by atoms with Crippen molar-refractivity contribution in [3.05, 3.63) is 39.9 Å². The van der Waals surface area contributed by atoms with Crippen LogP contribution in [0.15, 0.2) is 18.2 Å². The van der Waals surface area contributed by atoms with Crippen LogP contribution >= 0.6 is 23.2 Å². The number of rotatable bonds is 2. The average Bonchev–Trinajstić information content (AvgIpc) is 2.61. The summed E-state index contributed by atoms with van der Waals surface area (Å²) in [5.74, 6) is -1.09. The first kappa shape index (κ1) is 11.9. The van der Waals surface area contributed by atoms with Crippen LogP contribution < -0.4 is 0 Å². The van der Waals surface area contributed by atoms with Gasteiger partial charge in [0.25, 0.3) is 5.82 Å². The van der Waals surface area contributed by atoms with Crippen LogP contribution in [0.3, 0.4) is 0 Å². The Morgan fingerprint density at radius 2 is 1.94 bits per heavy atom. The highest BCUT2D eigenvalue weighted by atomic mass is 35.5. The van der Waals surface area contributed by atoms with Crippen molar-refractivity contribution in [1.82, 2.24) is 14.8 Å². The number of carboxylic acids is 1. The van der Waals surface area contributed by atoms with E-state index >= 15 is 0 Å². The van der Waals surface area contributed by atoms with Gasteiger partial charge in [-0.3, -0.25) is 0 Å². The zero-order valence-electron chi connectivity index (χ0n) is 8.69. The van der Waals surface area contributed by atoms with Gasteiger partial charge in [-0.2, -0.15) is 0 Å². The van der Waals surface area contributed by atoms with E-state index in [0.717, 1.165) is 0 Å². The molecule has 1 N–H and O–H groups in total. The van der Waals surface area contributed by atoms with Gasteiger partial charge in [0.15, 0.2) is 0 Å².